The highest BCUT2D eigenvalue weighted by molar-refractivity contribution is 4.75. The zero-order valence-electron chi connectivity index (χ0n) is 10.7. The molecule has 0 saturated heterocycles. The Bertz CT molecular complexity index is 136. The van der Waals surface area contributed by atoms with Crippen LogP contribution in [0.4, 0.5) is 0 Å². The van der Waals surface area contributed by atoms with Gasteiger partial charge in [0.2, 0.25) is 0 Å². The van der Waals surface area contributed by atoms with E-state index < -0.39 is 0 Å². The molecular weight excluding hydrogens is 180 g/mol. The molecule has 1 saturated carbocycles. The molecule has 0 N–H and O–H groups in total. The average Bonchev–Trinajstić information content (AvgIpc) is 2.24. The second-order valence-electron chi connectivity index (χ2n) is 5.74. The first kappa shape index (κ1) is 13.1. The molecular formula is C15H29. The highest BCUT2D eigenvalue weighted by Gasteiger charge is 2.22. The van der Waals surface area contributed by atoms with Gasteiger partial charge in [0.05, 0.1) is 0 Å². The molecule has 0 amide bonds. The van der Waals surface area contributed by atoms with Gasteiger partial charge < -0.3 is 0 Å². The zero-order chi connectivity index (χ0) is 11.0. The Morgan fingerprint density at radius 3 is 1.60 bits per heavy atom. The summed E-state index contributed by atoms with van der Waals surface area (Å²) in [7, 11) is 0. The first-order chi connectivity index (χ1) is 7.27. The molecule has 89 valence electrons. The minimum Gasteiger partial charge on any atom is -0.0596 e. The highest BCUT2D eigenvalue weighted by atomic mass is 14.3. The van der Waals surface area contributed by atoms with Gasteiger partial charge in [-0.15, -0.1) is 0 Å². The van der Waals surface area contributed by atoms with Crippen molar-refractivity contribution in [2.45, 2.75) is 84.0 Å². The van der Waals surface area contributed by atoms with Crippen molar-refractivity contribution in [2.24, 2.45) is 5.41 Å². The van der Waals surface area contributed by atoms with Crippen molar-refractivity contribution in [3.63, 3.8) is 0 Å². The van der Waals surface area contributed by atoms with Crippen molar-refractivity contribution in [3.05, 3.63) is 6.92 Å². The lowest BCUT2D eigenvalue weighted by molar-refractivity contribution is 0.235. The molecule has 0 nitrogen and oxygen atoms in total. The van der Waals surface area contributed by atoms with Gasteiger partial charge in [0, 0.05) is 0 Å². The summed E-state index contributed by atoms with van der Waals surface area (Å²) in [6.07, 6.45) is 17.1. The van der Waals surface area contributed by atoms with Gasteiger partial charge in [-0.1, -0.05) is 71.6 Å². The van der Waals surface area contributed by atoms with Gasteiger partial charge in [0.1, 0.15) is 0 Å². The molecule has 0 atom stereocenters. The topological polar surface area (TPSA) is 0 Å². The fourth-order valence-electron chi connectivity index (χ4n) is 2.97. The third-order valence-electron chi connectivity index (χ3n) is 4.09. The largest absolute Gasteiger partial charge is 0.0596 e. The second kappa shape index (κ2) is 7.30. The van der Waals surface area contributed by atoms with Crippen LogP contribution in [0.15, 0.2) is 0 Å². The Hall–Kier alpha value is 0. The van der Waals surface area contributed by atoms with E-state index in [-0.39, 0.29) is 0 Å². The van der Waals surface area contributed by atoms with E-state index in [2.05, 4.69) is 13.8 Å². The molecule has 0 aromatic rings. The van der Waals surface area contributed by atoms with E-state index in [1.165, 1.54) is 70.6 Å². The van der Waals surface area contributed by atoms with Gasteiger partial charge in [-0.2, -0.15) is 0 Å². The molecule has 0 aromatic heterocycles. The summed E-state index contributed by atoms with van der Waals surface area (Å²) in [5, 5.41) is 0. The molecule has 1 radical (unpaired) electrons. The van der Waals surface area contributed by atoms with Crippen LogP contribution in [0.25, 0.3) is 0 Å². The predicted octanol–water partition coefficient (Wildman–Crippen LogP) is 5.52. The molecule has 0 unspecified atom stereocenters. The van der Waals surface area contributed by atoms with Crippen molar-refractivity contribution < 1.29 is 0 Å². The fraction of sp³-hybridized carbons (Fsp3) is 0.933. The van der Waals surface area contributed by atoms with Crippen LogP contribution in [0.3, 0.4) is 0 Å². The Balaban J connectivity index is 2.37. The molecule has 1 aliphatic carbocycles. The fourth-order valence-corrected chi connectivity index (χ4v) is 2.97. The lowest BCUT2D eigenvalue weighted by Crippen LogP contribution is -2.16. The minimum absolute atomic E-state index is 0.617. The van der Waals surface area contributed by atoms with Gasteiger partial charge in [-0.3, -0.25) is 0 Å². The molecule has 0 bridgehead atoms. The lowest BCUT2D eigenvalue weighted by atomic mass is 9.76. The van der Waals surface area contributed by atoms with E-state index in [4.69, 9.17) is 0 Å². The Kier molecular flexibility index (Phi) is 6.36. The third kappa shape index (κ3) is 5.58. The van der Waals surface area contributed by atoms with Gasteiger partial charge >= 0.3 is 0 Å². The molecule has 0 heteroatoms. The predicted molar refractivity (Wildman–Crippen MR) is 68.9 cm³/mol. The van der Waals surface area contributed by atoms with E-state index in [1.807, 2.05) is 0 Å². The van der Waals surface area contributed by atoms with Crippen molar-refractivity contribution in [1.29, 1.82) is 0 Å². The van der Waals surface area contributed by atoms with Gasteiger partial charge in [0.15, 0.2) is 0 Å². The van der Waals surface area contributed by atoms with Crippen LogP contribution in [0.2, 0.25) is 0 Å². The van der Waals surface area contributed by atoms with Gasteiger partial charge in [-0.25, -0.2) is 0 Å². The number of hydrogen-bond donors (Lipinski definition) is 0. The number of rotatable bonds is 2. The third-order valence-corrected chi connectivity index (χ3v) is 4.09. The van der Waals surface area contributed by atoms with E-state index in [1.54, 1.807) is 0 Å². The second-order valence-corrected chi connectivity index (χ2v) is 5.74. The number of hydrogen-bond acceptors (Lipinski definition) is 0. The van der Waals surface area contributed by atoms with E-state index >= 15 is 0 Å². The van der Waals surface area contributed by atoms with E-state index in [0.29, 0.717) is 5.41 Å². The van der Waals surface area contributed by atoms with Crippen LogP contribution in [-0.2, 0) is 0 Å². The summed E-state index contributed by atoms with van der Waals surface area (Å²) in [6, 6.07) is 0. The standard InChI is InChI=1S/C15H29/c1-3-12-15(2)13-10-8-6-4-5-7-9-11-14-15/h1,3-14H2,2H3. The smallest absolute Gasteiger partial charge is 0.0326 e. The van der Waals surface area contributed by atoms with Crippen molar-refractivity contribution in [1.82, 2.24) is 0 Å². The summed E-state index contributed by atoms with van der Waals surface area (Å²) in [6.45, 7) is 6.54. The molecule has 0 heterocycles. The van der Waals surface area contributed by atoms with Crippen LogP contribution >= 0.6 is 0 Å². The molecule has 0 aromatic carbocycles. The first-order valence-corrected chi connectivity index (χ1v) is 7.06. The van der Waals surface area contributed by atoms with Crippen molar-refractivity contribution in [2.75, 3.05) is 0 Å². The summed E-state index contributed by atoms with van der Waals surface area (Å²) in [5.74, 6) is 0. The van der Waals surface area contributed by atoms with E-state index in [9.17, 15) is 0 Å². The highest BCUT2D eigenvalue weighted by Crippen LogP contribution is 2.36. The summed E-state index contributed by atoms with van der Waals surface area (Å²) in [5.41, 5.74) is 0.617. The van der Waals surface area contributed by atoms with Crippen LogP contribution in [0.1, 0.15) is 84.0 Å². The summed E-state index contributed by atoms with van der Waals surface area (Å²) in [4.78, 5) is 0. The monoisotopic (exact) mass is 209 g/mol. The van der Waals surface area contributed by atoms with Crippen LogP contribution in [-0.4, -0.2) is 0 Å². The van der Waals surface area contributed by atoms with Crippen molar-refractivity contribution >= 4 is 0 Å². The quantitative estimate of drug-likeness (QED) is 0.561. The molecule has 1 rings (SSSR count). The van der Waals surface area contributed by atoms with Gasteiger partial charge in [-0.05, 0) is 24.7 Å². The van der Waals surface area contributed by atoms with Crippen molar-refractivity contribution in [3.8, 4) is 0 Å². The van der Waals surface area contributed by atoms with Gasteiger partial charge in [0.25, 0.3) is 0 Å². The Morgan fingerprint density at radius 1 is 0.800 bits per heavy atom. The summed E-state index contributed by atoms with van der Waals surface area (Å²) < 4.78 is 0. The molecule has 1 fully saturated rings. The normalized spacial score (nSPS) is 24.4. The maximum absolute atomic E-state index is 4.04. The van der Waals surface area contributed by atoms with Crippen LogP contribution < -0.4 is 0 Å². The molecule has 1 aliphatic rings. The van der Waals surface area contributed by atoms with E-state index in [0.717, 1.165) is 6.42 Å². The Labute approximate surface area is 96.8 Å². The summed E-state index contributed by atoms with van der Waals surface area (Å²) >= 11 is 0. The SMILES string of the molecule is [CH2]CCC1(C)CCCCCCCCCC1. The molecule has 15 heavy (non-hydrogen) atoms. The average molecular weight is 209 g/mol. The molecule has 0 aliphatic heterocycles. The maximum Gasteiger partial charge on any atom is -0.0326 e. The lowest BCUT2D eigenvalue weighted by Gasteiger charge is -2.29. The zero-order valence-corrected chi connectivity index (χ0v) is 10.7. The van der Waals surface area contributed by atoms with Crippen LogP contribution in [0.5, 0.6) is 0 Å². The van der Waals surface area contributed by atoms with Crippen LogP contribution in [0, 0.1) is 12.3 Å². The maximum atomic E-state index is 4.04. The first-order valence-electron chi connectivity index (χ1n) is 7.06. The molecule has 0 spiro atoms. The minimum atomic E-state index is 0.617. The Morgan fingerprint density at radius 2 is 1.20 bits per heavy atom.